The molecule has 10 heteroatoms. The minimum Gasteiger partial charge on any atom is -0.370 e. The fraction of sp³-hybridized carbons (Fsp3) is 0.522. The fourth-order valence-electron chi connectivity index (χ4n) is 5.63. The normalized spacial score (nSPS) is 29.0. The largest absolute Gasteiger partial charge is 0.394 e. The fourth-order valence-corrected chi connectivity index (χ4v) is 5.63. The highest BCUT2D eigenvalue weighted by molar-refractivity contribution is 5.76. The molecule has 1 saturated heterocycles. The molecular weight excluding hydrogens is 433 g/mol. The second-order valence-electron chi connectivity index (χ2n) is 9.68. The summed E-state index contributed by atoms with van der Waals surface area (Å²) in [7, 11) is 0. The number of morpholine rings is 1. The number of alkyl halides is 3. The van der Waals surface area contributed by atoms with Gasteiger partial charge >= 0.3 is 6.18 Å². The molecule has 172 valence electrons. The minimum atomic E-state index is -4.18. The first-order chi connectivity index (χ1) is 15.7. The Bertz CT molecular complexity index is 1240. The molecule has 7 nitrogen and oxygen atoms in total. The van der Waals surface area contributed by atoms with E-state index in [1.54, 1.807) is 12.4 Å². The molecule has 0 N–H and O–H groups in total. The van der Waals surface area contributed by atoms with Crippen molar-refractivity contribution in [1.29, 1.82) is 0 Å². The first kappa shape index (κ1) is 20.7. The van der Waals surface area contributed by atoms with Gasteiger partial charge in [-0.1, -0.05) is 0 Å². The van der Waals surface area contributed by atoms with Gasteiger partial charge in [-0.3, -0.25) is 4.98 Å². The van der Waals surface area contributed by atoms with E-state index in [-0.39, 0.29) is 25.4 Å². The molecule has 0 amide bonds. The van der Waals surface area contributed by atoms with E-state index >= 15 is 0 Å². The summed E-state index contributed by atoms with van der Waals surface area (Å²) < 4.78 is 46.5. The Labute approximate surface area is 188 Å². The van der Waals surface area contributed by atoms with Gasteiger partial charge in [0.15, 0.2) is 5.65 Å². The Balaban J connectivity index is 1.37. The molecule has 1 atom stereocenters. The van der Waals surface area contributed by atoms with Crippen molar-refractivity contribution in [3.63, 3.8) is 0 Å². The number of rotatable bonds is 3. The molecule has 3 aliphatic carbocycles. The summed E-state index contributed by atoms with van der Waals surface area (Å²) in [6, 6.07) is 3.93. The topological polar surface area (TPSA) is 76.9 Å². The van der Waals surface area contributed by atoms with Crippen LogP contribution in [0.2, 0.25) is 0 Å². The smallest absolute Gasteiger partial charge is 0.370 e. The lowest BCUT2D eigenvalue weighted by atomic mass is 9.34. The number of hydrogen-bond donors (Lipinski definition) is 0. The number of pyridine rings is 1. The van der Waals surface area contributed by atoms with Crippen LogP contribution < -0.4 is 4.90 Å². The van der Waals surface area contributed by atoms with Crippen LogP contribution in [0.3, 0.4) is 0 Å². The highest BCUT2D eigenvalue weighted by Crippen LogP contribution is 2.78. The maximum Gasteiger partial charge on any atom is 0.394 e. The summed E-state index contributed by atoms with van der Waals surface area (Å²) in [6.45, 7) is 5.37. The zero-order valence-corrected chi connectivity index (χ0v) is 18.4. The zero-order valence-electron chi connectivity index (χ0n) is 18.4. The van der Waals surface area contributed by atoms with Crippen molar-refractivity contribution < 1.29 is 17.9 Å². The van der Waals surface area contributed by atoms with E-state index in [1.165, 1.54) is 0 Å². The van der Waals surface area contributed by atoms with E-state index in [0.29, 0.717) is 48.2 Å². The third kappa shape index (κ3) is 3.10. The summed E-state index contributed by atoms with van der Waals surface area (Å²) in [6.07, 6.45) is -0.782. The predicted octanol–water partition coefficient (Wildman–Crippen LogP) is 3.99. The number of aromatic nitrogens is 5. The first-order valence-electron chi connectivity index (χ1n) is 11.1. The van der Waals surface area contributed by atoms with Crippen LogP contribution in [0.15, 0.2) is 24.5 Å². The zero-order chi connectivity index (χ0) is 23.0. The minimum absolute atomic E-state index is 0.0621. The number of aryl methyl sites for hydroxylation is 2. The molecule has 3 aromatic rings. The number of ether oxygens (including phenoxy) is 1. The average Bonchev–Trinajstić information content (AvgIpc) is 2.70. The van der Waals surface area contributed by atoms with Crippen LogP contribution in [-0.2, 0) is 10.2 Å². The molecule has 0 spiro atoms. The van der Waals surface area contributed by atoms with E-state index in [2.05, 4.69) is 19.9 Å². The van der Waals surface area contributed by atoms with Crippen LogP contribution in [-0.4, -0.2) is 50.8 Å². The van der Waals surface area contributed by atoms with E-state index < -0.39 is 17.0 Å². The lowest BCUT2D eigenvalue weighted by Crippen LogP contribution is -2.70. The Morgan fingerprint density at radius 1 is 1.06 bits per heavy atom. The SMILES string of the molecule is Cc1cc(C2CN(c3nc(C45CC(C(F)(F)F)(C4)C5)c4ncc(C)nc4n3)CCO2)ccn1. The number of fused-ring (bicyclic) bond motifs is 1. The molecule has 1 unspecified atom stereocenters. The molecule has 1 aliphatic heterocycles. The molecule has 0 aromatic carbocycles. The van der Waals surface area contributed by atoms with Crippen LogP contribution >= 0.6 is 0 Å². The number of anilines is 1. The second-order valence-corrected chi connectivity index (χ2v) is 9.68. The van der Waals surface area contributed by atoms with Crippen molar-refractivity contribution in [3.8, 4) is 0 Å². The third-order valence-corrected chi connectivity index (χ3v) is 7.29. The molecule has 2 bridgehead atoms. The van der Waals surface area contributed by atoms with Crippen molar-refractivity contribution in [1.82, 2.24) is 24.9 Å². The summed E-state index contributed by atoms with van der Waals surface area (Å²) in [5.41, 5.74) is 2.02. The van der Waals surface area contributed by atoms with Crippen molar-refractivity contribution in [3.05, 3.63) is 47.2 Å². The van der Waals surface area contributed by atoms with E-state index in [0.717, 1.165) is 11.3 Å². The monoisotopic (exact) mass is 456 g/mol. The van der Waals surface area contributed by atoms with Crippen molar-refractivity contribution in [2.45, 2.75) is 50.8 Å². The highest BCUT2D eigenvalue weighted by atomic mass is 19.4. The number of nitrogens with zero attached hydrogens (tertiary/aromatic N) is 6. The maximum absolute atomic E-state index is 13.5. The molecule has 4 aliphatic rings. The molecular formula is C23H23F3N6O. The lowest BCUT2D eigenvalue weighted by Gasteiger charge is -2.70. The van der Waals surface area contributed by atoms with Gasteiger partial charge in [0.1, 0.15) is 11.6 Å². The molecule has 33 heavy (non-hydrogen) atoms. The van der Waals surface area contributed by atoms with E-state index in [1.807, 2.05) is 30.9 Å². The lowest BCUT2D eigenvalue weighted by molar-refractivity contribution is -0.337. The summed E-state index contributed by atoms with van der Waals surface area (Å²) >= 11 is 0. The van der Waals surface area contributed by atoms with Crippen molar-refractivity contribution in [2.24, 2.45) is 5.41 Å². The summed E-state index contributed by atoms with van der Waals surface area (Å²) in [5.74, 6) is 0.474. The quantitative estimate of drug-likeness (QED) is 0.590. The summed E-state index contributed by atoms with van der Waals surface area (Å²) in [4.78, 5) is 24.8. The average molecular weight is 456 g/mol. The van der Waals surface area contributed by atoms with Gasteiger partial charge in [0.05, 0.1) is 30.0 Å². The van der Waals surface area contributed by atoms with Crippen LogP contribution in [0, 0.1) is 19.3 Å². The number of halogens is 3. The van der Waals surface area contributed by atoms with Gasteiger partial charge in [0.25, 0.3) is 0 Å². The Morgan fingerprint density at radius 3 is 2.58 bits per heavy atom. The molecule has 3 saturated carbocycles. The Kier molecular flexibility index (Phi) is 4.28. The van der Waals surface area contributed by atoms with Gasteiger partial charge in [0.2, 0.25) is 5.95 Å². The maximum atomic E-state index is 13.5. The van der Waals surface area contributed by atoms with Crippen LogP contribution in [0.1, 0.15) is 48.0 Å². The van der Waals surface area contributed by atoms with Gasteiger partial charge < -0.3 is 9.64 Å². The standard InChI is InChI=1S/C23H23F3N6O/c1-13-7-15(3-4-27-13)16-9-32(5-6-33-16)20-30-18(17-19(31-20)29-14(2)8-28-17)21-10-22(11-21,12-21)23(24,25)26/h3-4,7-8,16H,5-6,9-12H2,1-2H3. The molecule has 4 fully saturated rings. The molecule has 4 heterocycles. The highest BCUT2D eigenvalue weighted by Gasteiger charge is 2.79. The summed E-state index contributed by atoms with van der Waals surface area (Å²) in [5, 5.41) is 0. The Morgan fingerprint density at radius 2 is 1.85 bits per heavy atom. The first-order valence-corrected chi connectivity index (χ1v) is 11.1. The third-order valence-electron chi connectivity index (χ3n) is 7.29. The van der Waals surface area contributed by atoms with Crippen LogP contribution in [0.4, 0.5) is 19.1 Å². The van der Waals surface area contributed by atoms with Crippen molar-refractivity contribution in [2.75, 3.05) is 24.6 Å². The second kappa shape index (κ2) is 6.82. The Hall–Kier alpha value is -2.88. The van der Waals surface area contributed by atoms with Gasteiger partial charge in [-0.15, -0.1) is 0 Å². The van der Waals surface area contributed by atoms with Gasteiger partial charge in [-0.05, 0) is 50.8 Å². The van der Waals surface area contributed by atoms with Crippen LogP contribution in [0.5, 0.6) is 0 Å². The van der Waals surface area contributed by atoms with Gasteiger partial charge in [0, 0.05) is 30.0 Å². The van der Waals surface area contributed by atoms with Gasteiger partial charge in [-0.25, -0.2) is 15.0 Å². The molecule has 3 aromatic heterocycles. The van der Waals surface area contributed by atoms with Gasteiger partial charge in [-0.2, -0.15) is 18.2 Å². The van der Waals surface area contributed by atoms with E-state index in [4.69, 9.17) is 9.72 Å². The van der Waals surface area contributed by atoms with Crippen LogP contribution in [0.25, 0.3) is 11.2 Å². The number of hydrogen-bond acceptors (Lipinski definition) is 7. The molecule has 0 radical (unpaired) electrons. The predicted molar refractivity (Wildman–Crippen MR) is 114 cm³/mol. The molecule has 7 rings (SSSR count). The van der Waals surface area contributed by atoms with Crippen molar-refractivity contribution >= 4 is 17.1 Å². The van der Waals surface area contributed by atoms with E-state index in [9.17, 15) is 13.2 Å².